The van der Waals surface area contributed by atoms with Gasteiger partial charge in [-0.05, 0) is 103 Å². The van der Waals surface area contributed by atoms with Gasteiger partial charge in [0.15, 0.2) is 0 Å². The second-order valence-corrected chi connectivity index (χ2v) is 14.9. The van der Waals surface area contributed by atoms with E-state index < -0.39 is 0 Å². The number of benzene rings is 10. The molecular formula is C54H34N2. The molecule has 0 amide bonds. The summed E-state index contributed by atoms with van der Waals surface area (Å²) in [5.74, 6) is 0. The Hall–Kier alpha value is -7.42. The molecule has 0 saturated heterocycles. The van der Waals surface area contributed by atoms with Gasteiger partial charge in [-0.3, -0.25) is 0 Å². The zero-order valence-electron chi connectivity index (χ0n) is 30.5. The number of para-hydroxylation sites is 2. The predicted molar refractivity (Wildman–Crippen MR) is 239 cm³/mol. The number of rotatable bonds is 4. The quantitative estimate of drug-likeness (QED) is 0.161. The van der Waals surface area contributed by atoms with Crippen LogP contribution in [0.1, 0.15) is 0 Å². The Balaban J connectivity index is 1.12. The van der Waals surface area contributed by atoms with Gasteiger partial charge in [0.25, 0.3) is 0 Å². The number of aromatic nitrogens is 2. The van der Waals surface area contributed by atoms with Crippen LogP contribution in [0.4, 0.5) is 0 Å². The first kappa shape index (κ1) is 31.0. The molecule has 0 fully saturated rings. The van der Waals surface area contributed by atoms with Crippen LogP contribution >= 0.6 is 0 Å². The molecule has 0 radical (unpaired) electrons. The SMILES string of the molecule is c1ccc(-c2ccc3c4ccccc4n(-c4ccc5ccc6ccc7ccc(-n8c9ccccc9c9ccc(-c%10ccccc%10)cc98)cc7c6c5c4)c3c2)cc1. The van der Waals surface area contributed by atoms with E-state index in [9.17, 15) is 0 Å². The highest BCUT2D eigenvalue weighted by Gasteiger charge is 2.17. The summed E-state index contributed by atoms with van der Waals surface area (Å²) in [6, 6.07) is 75.9. The van der Waals surface area contributed by atoms with Gasteiger partial charge in [0.05, 0.1) is 22.1 Å². The van der Waals surface area contributed by atoms with Gasteiger partial charge in [0.2, 0.25) is 0 Å². The van der Waals surface area contributed by atoms with Crippen LogP contribution < -0.4 is 0 Å². The summed E-state index contributed by atoms with van der Waals surface area (Å²) in [5, 5.41) is 12.5. The lowest BCUT2D eigenvalue weighted by Crippen LogP contribution is -1.95. The number of fused-ring (bicyclic) bond motifs is 11. The summed E-state index contributed by atoms with van der Waals surface area (Å²) in [7, 11) is 0. The van der Waals surface area contributed by atoms with Gasteiger partial charge in [0, 0.05) is 32.9 Å². The van der Waals surface area contributed by atoms with Crippen LogP contribution in [0.3, 0.4) is 0 Å². The average Bonchev–Trinajstić information content (AvgIpc) is 3.78. The summed E-state index contributed by atoms with van der Waals surface area (Å²) in [5.41, 5.74) is 12.0. The van der Waals surface area contributed by atoms with Gasteiger partial charge < -0.3 is 9.13 Å². The fraction of sp³-hybridized carbons (Fsp3) is 0. The normalized spacial score (nSPS) is 11.9. The van der Waals surface area contributed by atoms with Crippen LogP contribution in [-0.4, -0.2) is 9.13 Å². The van der Waals surface area contributed by atoms with E-state index >= 15 is 0 Å². The average molecular weight is 711 g/mol. The molecule has 10 aromatic carbocycles. The number of hydrogen-bond acceptors (Lipinski definition) is 0. The van der Waals surface area contributed by atoms with E-state index in [0.717, 1.165) is 11.4 Å². The molecule has 2 aromatic heterocycles. The van der Waals surface area contributed by atoms with Crippen LogP contribution in [0.15, 0.2) is 206 Å². The summed E-state index contributed by atoms with van der Waals surface area (Å²) in [6.07, 6.45) is 0. The molecule has 12 rings (SSSR count). The third kappa shape index (κ3) is 4.63. The maximum atomic E-state index is 2.45. The first-order valence-electron chi connectivity index (χ1n) is 19.3. The minimum Gasteiger partial charge on any atom is -0.309 e. The van der Waals surface area contributed by atoms with Crippen molar-refractivity contribution in [1.82, 2.24) is 9.13 Å². The molecule has 0 unspecified atom stereocenters. The third-order valence-electron chi connectivity index (χ3n) is 11.9. The molecule has 0 N–H and O–H groups in total. The van der Waals surface area contributed by atoms with E-state index in [1.165, 1.54) is 98.2 Å². The Labute approximate surface area is 323 Å². The van der Waals surface area contributed by atoms with Crippen molar-refractivity contribution in [2.45, 2.75) is 0 Å². The van der Waals surface area contributed by atoms with Gasteiger partial charge in [-0.2, -0.15) is 0 Å². The number of hydrogen-bond donors (Lipinski definition) is 0. The summed E-state index contributed by atoms with van der Waals surface area (Å²) >= 11 is 0. The van der Waals surface area contributed by atoms with E-state index in [1.807, 2.05) is 0 Å². The van der Waals surface area contributed by atoms with Crippen molar-refractivity contribution >= 4 is 75.9 Å². The zero-order chi connectivity index (χ0) is 36.7. The van der Waals surface area contributed by atoms with Gasteiger partial charge in [-0.25, -0.2) is 0 Å². The summed E-state index contributed by atoms with van der Waals surface area (Å²) in [6.45, 7) is 0. The van der Waals surface area contributed by atoms with Crippen molar-refractivity contribution < 1.29 is 0 Å². The van der Waals surface area contributed by atoms with E-state index in [-0.39, 0.29) is 0 Å². The fourth-order valence-electron chi connectivity index (χ4n) is 9.25. The second kappa shape index (κ2) is 12.0. The van der Waals surface area contributed by atoms with Crippen molar-refractivity contribution in [2.75, 3.05) is 0 Å². The van der Waals surface area contributed by atoms with Crippen molar-refractivity contribution in [3.63, 3.8) is 0 Å². The number of nitrogens with zero attached hydrogens (tertiary/aromatic N) is 2. The van der Waals surface area contributed by atoms with Crippen LogP contribution in [0.2, 0.25) is 0 Å². The minimum absolute atomic E-state index is 1.16. The first-order valence-corrected chi connectivity index (χ1v) is 19.3. The van der Waals surface area contributed by atoms with Crippen LogP contribution in [0, 0.1) is 0 Å². The highest BCUT2D eigenvalue weighted by molar-refractivity contribution is 6.21. The topological polar surface area (TPSA) is 9.86 Å². The molecule has 56 heavy (non-hydrogen) atoms. The molecule has 0 aliphatic rings. The fourth-order valence-corrected chi connectivity index (χ4v) is 9.25. The summed E-state index contributed by atoms with van der Waals surface area (Å²) in [4.78, 5) is 0. The van der Waals surface area contributed by atoms with Crippen LogP contribution in [0.25, 0.3) is 110 Å². The lowest BCUT2D eigenvalue weighted by molar-refractivity contribution is 1.19. The van der Waals surface area contributed by atoms with Crippen LogP contribution in [0.5, 0.6) is 0 Å². The standard InChI is InChI=1S/C54H34N2/c1-3-11-35(12-4-1)40-25-29-46-44-15-7-9-17-50(44)55(52(46)31-40)42-27-23-37-19-21-39-22-20-38-24-28-43(34-49(38)54(39)48(37)33-42)56-51-18-10-8-16-45(51)47-30-26-41(32-53(47)56)36-13-5-2-6-14-36/h1-34H. The molecule has 0 atom stereocenters. The summed E-state index contributed by atoms with van der Waals surface area (Å²) < 4.78 is 4.91. The maximum Gasteiger partial charge on any atom is 0.0547 e. The van der Waals surface area contributed by atoms with E-state index in [0.29, 0.717) is 0 Å². The monoisotopic (exact) mass is 710 g/mol. The molecule has 0 saturated carbocycles. The molecule has 2 nitrogen and oxygen atoms in total. The molecular weight excluding hydrogens is 677 g/mol. The molecule has 260 valence electrons. The Kier molecular flexibility index (Phi) is 6.66. The molecule has 2 heteroatoms. The molecule has 0 aliphatic carbocycles. The third-order valence-corrected chi connectivity index (χ3v) is 11.9. The van der Waals surface area contributed by atoms with Crippen molar-refractivity contribution in [3.8, 4) is 33.6 Å². The second-order valence-electron chi connectivity index (χ2n) is 14.9. The Morgan fingerprint density at radius 2 is 0.625 bits per heavy atom. The van der Waals surface area contributed by atoms with Gasteiger partial charge in [-0.15, -0.1) is 0 Å². The van der Waals surface area contributed by atoms with E-state index in [1.54, 1.807) is 0 Å². The van der Waals surface area contributed by atoms with Gasteiger partial charge >= 0.3 is 0 Å². The zero-order valence-corrected chi connectivity index (χ0v) is 30.5. The first-order chi connectivity index (χ1) is 27.8. The van der Waals surface area contributed by atoms with Crippen molar-refractivity contribution in [1.29, 1.82) is 0 Å². The smallest absolute Gasteiger partial charge is 0.0547 e. The van der Waals surface area contributed by atoms with E-state index in [2.05, 4.69) is 215 Å². The van der Waals surface area contributed by atoms with E-state index in [4.69, 9.17) is 0 Å². The molecule has 0 aliphatic heterocycles. The molecule has 0 bridgehead atoms. The minimum atomic E-state index is 1.16. The largest absolute Gasteiger partial charge is 0.309 e. The highest BCUT2D eigenvalue weighted by atomic mass is 15.0. The highest BCUT2D eigenvalue weighted by Crippen LogP contribution is 2.40. The Bertz CT molecular complexity index is 3280. The van der Waals surface area contributed by atoms with Crippen molar-refractivity contribution in [2.24, 2.45) is 0 Å². The maximum absolute atomic E-state index is 2.45. The predicted octanol–water partition coefficient (Wildman–Crippen LogP) is 14.7. The van der Waals surface area contributed by atoms with Gasteiger partial charge in [0.1, 0.15) is 0 Å². The lowest BCUT2D eigenvalue weighted by Gasteiger charge is -2.14. The lowest BCUT2D eigenvalue weighted by atomic mass is 9.95. The van der Waals surface area contributed by atoms with Crippen molar-refractivity contribution in [3.05, 3.63) is 206 Å². The Morgan fingerprint density at radius 3 is 1.11 bits per heavy atom. The van der Waals surface area contributed by atoms with Gasteiger partial charge in [-0.1, -0.05) is 158 Å². The Morgan fingerprint density at radius 1 is 0.232 bits per heavy atom. The molecule has 0 spiro atoms. The van der Waals surface area contributed by atoms with Crippen LogP contribution in [-0.2, 0) is 0 Å². The molecule has 2 heterocycles. The molecule has 12 aromatic rings.